The van der Waals surface area contributed by atoms with Crippen LogP contribution in [-0.4, -0.2) is 48.3 Å². The van der Waals surface area contributed by atoms with E-state index in [1.807, 2.05) is 18.2 Å². The van der Waals surface area contributed by atoms with E-state index < -0.39 is 39.9 Å². The van der Waals surface area contributed by atoms with Crippen LogP contribution in [0, 0.1) is 34.0 Å². The Labute approximate surface area is 223 Å². The van der Waals surface area contributed by atoms with Gasteiger partial charge in [-0.25, -0.2) is 39.4 Å². The van der Waals surface area contributed by atoms with Crippen LogP contribution in [0.1, 0.15) is 96.8 Å². The van der Waals surface area contributed by atoms with Gasteiger partial charge in [0.25, 0.3) is 0 Å². The molecule has 0 aromatic rings. The van der Waals surface area contributed by atoms with Crippen molar-refractivity contribution in [3.05, 3.63) is 0 Å². The van der Waals surface area contributed by atoms with Crippen LogP contribution in [0.5, 0.6) is 0 Å². The quantitative estimate of drug-likeness (QED) is 0.151. The van der Waals surface area contributed by atoms with Gasteiger partial charge in [0.2, 0.25) is 30.1 Å². The van der Waals surface area contributed by atoms with Gasteiger partial charge in [-0.3, -0.25) is 0 Å². The molecule has 3 N–H and O–H groups in total. The molecular weight excluding hydrogens is 540 g/mol. The minimum atomic E-state index is -5.06. The largest absolute Gasteiger partial charge is 0.313 e. The normalized spacial score (nSPS) is 12.5. The van der Waals surface area contributed by atoms with E-state index >= 15 is 0 Å². The van der Waals surface area contributed by atoms with Gasteiger partial charge in [-0.05, 0) is 25.7 Å². The summed E-state index contributed by atoms with van der Waals surface area (Å²) in [5, 5.41) is 26.2. The molecule has 0 aliphatic heterocycles. The summed E-state index contributed by atoms with van der Waals surface area (Å²) in [4.78, 5) is 0. The van der Waals surface area contributed by atoms with Crippen molar-refractivity contribution in [2.45, 2.75) is 100 Å². The fraction of sp³-hybridized carbons (Fsp3) is 0.864. The smallest absolute Gasteiger partial charge is 0.213 e. The first-order valence-corrected chi connectivity index (χ1v) is 17.0. The van der Waals surface area contributed by atoms with Crippen LogP contribution in [0.25, 0.3) is 0 Å². The summed E-state index contributed by atoms with van der Waals surface area (Å²) in [6.07, 6.45) is 4.49. The van der Waals surface area contributed by atoms with Crippen molar-refractivity contribution < 1.29 is 25.3 Å². The first-order chi connectivity index (χ1) is 17.5. The maximum absolute atomic E-state index is 13.6. The monoisotopic (exact) mass is 580 g/mol. The maximum atomic E-state index is 13.6. The van der Waals surface area contributed by atoms with E-state index in [0.29, 0.717) is 12.8 Å². The van der Waals surface area contributed by atoms with E-state index in [2.05, 4.69) is 21.1 Å². The van der Waals surface area contributed by atoms with E-state index in [1.54, 1.807) is 0 Å². The number of hydrogen-bond donors (Lipinski definition) is 3. The Balaban J connectivity index is 6.37. The molecule has 0 spiro atoms. The van der Waals surface area contributed by atoms with Gasteiger partial charge >= 0.3 is 3.41 Å². The summed E-state index contributed by atoms with van der Waals surface area (Å²) in [6, 6.07) is 5.54. The van der Waals surface area contributed by atoms with Crippen molar-refractivity contribution in [3.63, 3.8) is 0 Å². The second kappa shape index (κ2) is 18.5. The first kappa shape index (κ1) is 35.2. The highest BCUT2D eigenvalue weighted by atomic mass is 32.3. The predicted octanol–water partition coefficient (Wildman–Crippen LogP) is 2.45. The Morgan fingerprint density at radius 2 is 0.865 bits per heavy atom. The van der Waals surface area contributed by atoms with Gasteiger partial charge in [-0.2, -0.15) is 15.8 Å². The van der Waals surface area contributed by atoms with Crippen LogP contribution < -0.4 is 14.2 Å². The van der Waals surface area contributed by atoms with Crippen LogP contribution in [0.2, 0.25) is 0 Å². The molecule has 0 saturated heterocycles. The molecule has 0 aromatic carbocycles. The molecule has 0 radical (unpaired) electrons. The molecular formula is C22H40N6O6S3. The summed E-state index contributed by atoms with van der Waals surface area (Å²) in [5.74, 6) is 0. The lowest BCUT2D eigenvalue weighted by Crippen LogP contribution is -2.63. The third kappa shape index (κ3) is 11.2. The Hall–Kier alpha value is -1.80. The fourth-order valence-electron chi connectivity index (χ4n) is 3.59. The van der Waals surface area contributed by atoms with Crippen LogP contribution in [0.4, 0.5) is 0 Å². The average molecular weight is 581 g/mol. The Bertz CT molecular complexity index is 977. The number of rotatable bonds is 23. The van der Waals surface area contributed by atoms with Gasteiger partial charge in [0, 0.05) is 45.3 Å². The number of unbranched alkanes of at least 4 members (excludes halogenated alkanes) is 9. The molecule has 212 valence electrons. The highest BCUT2D eigenvalue weighted by molar-refractivity contribution is 8.24. The van der Waals surface area contributed by atoms with E-state index in [-0.39, 0.29) is 64.6 Å². The molecule has 0 atom stereocenters. The standard InChI is InChI=1S/C22H40N6O6S3/c1-2-3-4-5-6-7-8-15-22(35(29,30)26-19-12-9-16-23,36(31,32)27-20-13-10-17-24)37(33,34)28-21-14-11-18-25/h26-28H,2-15,19-21H2,1H3. The summed E-state index contributed by atoms with van der Waals surface area (Å²) in [6.45, 7) is 1.11. The van der Waals surface area contributed by atoms with E-state index in [1.165, 1.54) is 0 Å². The molecule has 0 saturated carbocycles. The highest BCUT2D eigenvalue weighted by Crippen LogP contribution is 2.35. The summed E-state index contributed by atoms with van der Waals surface area (Å²) >= 11 is 0. The number of hydrogen-bond acceptors (Lipinski definition) is 9. The van der Waals surface area contributed by atoms with Crippen molar-refractivity contribution in [1.29, 1.82) is 15.8 Å². The molecule has 12 nitrogen and oxygen atoms in total. The van der Waals surface area contributed by atoms with Crippen LogP contribution in [-0.2, 0) is 30.1 Å². The number of nitriles is 3. The van der Waals surface area contributed by atoms with Crippen LogP contribution in [0.3, 0.4) is 0 Å². The molecule has 0 aromatic heterocycles. The number of nitrogens with zero attached hydrogens (tertiary/aromatic N) is 3. The number of sulfonamides is 3. The van der Waals surface area contributed by atoms with Crippen molar-refractivity contribution in [3.8, 4) is 18.2 Å². The van der Waals surface area contributed by atoms with Gasteiger partial charge in [-0.1, -0.05) is 45.4 Å². The van der Waals surface area contributed by atoms with Crippen molar-refractivity contribution in [1.82, 2.24) is 14.2 Å². The van der Waals surface area contributed by atoms with Gasteiger partial charge in [0.15, 0.2) is 0 Å². The molecule has 0 amide bonds. The van der Waals surface area contributed by atoms with Gasteiger partial charge in [-0.15, -0.1) is 0 Å². The molecule has 37 heavy (non-hydrogen) atoms. The molecule has 0 unspecified atom stereocenters. The van der Waals surface area contributed by atoms with Crippen molar-refractivity contribution in [2.75, 3.05) is 19.6 Å². The molecule has 0 aliphatic carbocycles. The SMILES string of the molecule is CCCCCCCCCC(S(=O)(=O)NCCCC#N)(S(=O)(=O)NCCCC#N)S(=O)(=O)NCCCC#N. The zero-order valence-corrected chi connectivity index (χ0v) is 24.0. The van der Waals surface area contributed by atoms with Crippen molar-refractivity contribution >= 4 is 30.1 Å². The average Bonchev–Trinajstić information content (AvgIpc) is 2.83. The lowest BCUT2D eigenvalue weighted by Gasteiger charge is -2.32. The molecule has 0 heterocycles. The lowest BCUT2D eigenvalue weighted by atomic mass is 10.1. The topological polar surface area (TPSA) is 210 Å². The van der Waals surface area contributed by atoms with Gasteiger partial charge in [0.05, 0.1) is 18.2 Å². The molecule has 0 fully saturated rings. The van der Waals surface area contributed by atoms with Gasteiger partial charge in [0.1, 0.15) is 0 Å². The second-order valence-corrected chi connectivity index (χ2v) is 15.3. The third-order valence-electron chi connectivity index (χ3n) is 5.59. The van der Waals surface area contributed by atoms with E-state index in [9.17, 15) is 25.3 Å². The first-order valence-electron chi connectivity index (χ1n) is 12.6. The number of nitrogens with one attached hydrogen (secondary N) is 3. The highest BCUT2D eigenvalue weighted by Gasteiger charge is 2.64. The summed E-state index contributed by atoms with van der Waals surface area (Å²) in [5.41, 5.74) is 0. The van der Waals surface area contributed by atoms with E-state index in [0.717, 1.165) is 25.7 Å². The minimum absolute atomic E-state index is 0.00833. The molecule has 15 heteroatoms. The summed E-state index contributed by atoms with van der Waals surface area (Å²) in [7, 11) is -15.2. The predicted molar refractivity (Wildman–Crippen MR) is 141 cm³/mol. The molecule has 0 rings (SSSR count). The fourth-order valence-corrected chi connectivity index (χ4v) is 11.3. The van der Waals surface area contributed by atoms with Crippen LogP contribution in [0.15, 0.2) is 0 Å². The van der Waals surface area contributed by atoms with E-state index in [4.69, 9.17) is 15.8 Å². The second-order valence-electron chi connectivity index (χ2n) is 8.53. The molecule has 0 bridgehead atoms. The van der Waals surface area contributed by atoms with Crippen LogP contribution >= 0.6 is 0 Å². The lowest BCUT2D eigenvalue weighted by molar-refractivity contribution is 0.506. The zero-order chi connectivity index (χ0) is 28.3. The maximum Gasteiger partial charge on any atom is 0.313 e. The zero-order valence-electron chi connectivity index (χ0n) is 21.5. The Kier molecular flexibility index (Phi) is 17.6. The summed E-state index contributed by atoms with van der Waals surface area (Å²) < 4.78 is 84.3. The Morgan fingerprint density at radius 1 is 0.541 bits per heavy atom. The molecule has 0 aliphatic rings. The third-order valence-corrected chi connectivity index (χ3v) is 14.4. The Morgan fingerprint density at radius 3 is 1.19 bits per heavy atom. The minimum Gasteiger partial charge on any atom is -0.213 e. The van der Waals surface area contributed by atoms with Crippen molar-refractivity contribution in [2.24, 2.45) is 0 Å². The van der Waals surface area contributed by atoms with Gasteiger partial charge < -0.3 is 0 Å².